The van der Waals surface area contributed by atoms with Gasteiger partial charge in [0, 0.05) is 6.42 Å². The van der Waals surface area contributed by atoms with Crippen LogP contribution >= 0.6 is 0 Å². The molecule has 7 N–H and O–H groups in total. The SMILES string of the molecule is CC[C@H](C)[C@H](NC(=O)CCc1ccc(OC(=O)c2ccc(N=C(N)NN)cc2)cc1)C(=O)O. The van der Waals surface area contributed by atoms with Crippen molar-refractivity contribution in [3.63, 3.8) is 0 Å². The third-order valence-electron chi connectivity index (χ3n) is 5.07. The van der Waals surface area contributed by atoms with Gasteiger partial charge in [-0.3, -0.25) is 10.2 Å². The Morgan fingerprint density at radius 2 is 1.73 bits per heavy atom. The van der Waals surface area contributed by atoms with Crippen LogP contribution in [0.5, 0.6) is 5.75 Å². The Labute approximate surface area is 192 Å². The summed E-state index contributed by atoms with van der Waals surface area (Å²) >= 11 is 0. The standard InChI is InChI=1S/C23H29N5O5/c1-3-14(2)20(21(30)31)27-19(29)13-6-15-4-11-18(12-5-15)33-22(32)16-7-9-17(10-8-16)26-23(24)28-25/h4-5,7-12,14,20H,3,6,13,25H2,1-2H3,(H,27,29)(H,30,31)(H3,24,26,28)/t14-,20-/m0/s1. The van der Waals surface area contributed by atoms with Crippen molar-refractivity contribution in [2.24, 2.45) is 22.5 Å². The zero-order valence-electron chi connectivity index (χ0n) is 18.6. The lowest BCUT2D eigenvalue weighted by molar-refractivity contribution is -0.143. The van der Waals surface area contributed by atoms with Crippen LogP contribution in [-0.4, -0.2) is 35.0 Å². The number of guanidine groups is 1. The summed E-state index contributed by atoms with van der Waals surface area (Å²) in [5.41, 5.74) is 9.41. The van der Waals surface area contributed by atoms with Crippen LogP contribution < -0.4 is 27.1 Å². The quantitative estimate of drug-likeness (QED) is 0.0903. The molecule has 1 amide bonds. The van der Waals surface area contributed by atoms with Crippen LogP contribution in [0, 0.1) is 5.92 Å². The molecule has 2 aromatic rings. The molecule has 0 aliphatic rings. The number of hydrogen-bond acceptors (Lipinski definition) is 6. The first-order valence-corrected chi connectivity index (χ1v) is 10.5. The molecule has 176 valence electrons. The number of carbonyl (C=O) groups is 3. The molecule has 10 heteroatoms. The van der Waals surface area contributed by atoms with Gasteiger partial charge in [-0.1, -0.05) is 32.4 Å². The van der Waals surface area contributed by atoms with E-state index in [0.29, 0.717) is 29.8 Å². The van der Waals surface area contributed by atoms with Gasteiger partial charge in [-0.25, -0.2) is 20.4 Å². The van der Waals surface area contributed by atoms with Gasteiger partial charge in [-0.05, 0) is 54.3 Å². The second-order valence-corrected chi connectivity index (χ2v) is 7.49. The van der Waals surface area contributed by atoms with Crippen molar-refractivity contribution in [2.45, 2.75) is 39.2 Å². The minimum Gasteiger partial charge on any atom is -0.480 e. The van der Waals surface area contributed by atoms with Gasteiger partial charge in [0.1, 0.15) is 11.8 Å². The number of benzene rings is 2. The molecule has 33 heavy (non-hydrogen) atoms. The molecule has 0 saturated carbocycles. The lowest BCUT2D eigenvalue weighted by Gasteiger charge is -2.20. The molecule has 0 spiro atoms. The Balaban J connectivity index is 1.89. The van der Waals surface area contributed by atoms with Crippen LogP contribution in [-0.2, 0) is 16.0 Å². The second kappa shape index (κ2) is 12.2. The average Bonchev–Trinajstić information content (AvgIpc) is 2.81. The number of rotatable bonds is 10. The molecule has 0 heterocycles. The van der Waals surface area contributed by atoms with Crippen LogP contribution in [0.3, 0.4) is 0 Å². The molecule has 2 rings (SSSR count). The van der Waals surface area contributed by atoms with E-state index < -0.39 is 18.0 Å². The summed E-state index contributed by atoms with van der Waals surface area (Å²) < 4.78 is 5.36. The highest BCUT2D eigenvalue weighted by atomic mass is 16.5. The predicted octanol–water partition coefficient (Wildman–Crippen LogP) is 1.86. The topological polar surface area (TPSA) is 169 Å². The highest BCUT2D eigenvalue weighted by molar-refractivity contribution is 5.91. The minimum atomic E-state index is -1.04. The van der Waals surface area contributed by atoms with Crippen molar-refractivity contribution in [3.05, 3.63) is 59.7 Å². The van der Waals surface area contributed by atoms with E-state index in [1.165, 1.54) is 0 Å². The lowest BCUT2D eigenvalue weighted by atomic mass is 9.99. The van der Waals surface area contributed by atoms with Crippen molar-refractivity contribution >= 4 is 29.5 Å². The number of nitrogens with two attached hydrogens (primary N) is 2. The number of esters is 1. The van der Waals surface area contributed by atoms with Crippen LogP contribution in [0.4, 0.5) is 5.69 Å². The summed E-state index contributed by atoms with van der Waals surface area (Å²) in [4.78, 5) is 39.8. The number of aliphatic imine (C=N–C) groups is 1. The Morgan fingerprint density at radius 3 is 2.27 bits per heavy atom. The van der Waals surface area contributed by atoms with Crippen molar-refractivity contribution < 1.29 is 24.2 Å². The fourth-order valence-electron chi connectivity index (χ4n) is 2.92. The van der Waals surface area contributed by atoms with E-state index in [1.807, 2.05) is 6.92 Å². The van der Waals surface area contributed by atoms with Crippen molar-refractivity contribution in [2.75, 3.05) is 0 Å². The monoisotopic (exact) mass is 455 g/mol. The molecule has 0 aromatic heterocycles. The molecule has 10 nitrogen and oxygen atoms in total. The van der Waals surface area contributed by atoms with Gasteiger partial charge in [0.2, 0.25) is 11.9 Å². The zero-order valence-corrected chi connectivity index (χ0v) is 18.6. The van der Waals surface area contributed by atoms with Gasteiger partial charge in [0.25, 0.3) is 0 Å². The van der Waals surface area contributed by atoms with Gasteiger partial charge < -0.3 is 20.9 Å². The maximum Gasteiger partial charge on any atom is 0.343 e. The first-order valence-electron chi connectivity index (χ1n) is 10.5. The molecule has 2 atom stereocenters. The maximum absolute atomic E-state index is 12.3. The molecule has 0 fully saturated rings. The summed E-state index contributed by atoms with van der Waals surface area (Å²) in [7, 11) is 0. The predicted molar refractivity (Wildman–Crippen MR) is 124 cm³/mol. The number of nitrogens with one attached hydrogen (secondary N) is 2. The Hall–Kier alpha value is -3.92. The third-order valence-corrected chi connectivity index (χ3v) is 5.07. The molecule has 2 aromatic carbocycles. The van der Waals surface area contributed by atoms with Gasteiger partial charge in [0.05, 0.1) is 11.3 Å². The summed E-state index contributed by atoms with van der Waals surface area (Å²) in [6, 6.07) is 12.2. The van der Waals surface area contributed by atoms with E-state index in [0.717, 1.165) is 5.56 Å². The number of aryl methyl sites for hydroxylation is 1. The molecule has 0 unspecified atom stereocenters. The normalized spacial score (nSPS) is 13.0. The van der Waals surface area contributed by atoms with E-state index in [2.05, 4.69) is 15.7 Å². The number of hydrogen-bond donors (Lipinski definition) is 5. The molecule has 0 aliphatic heterocycles. The Bertz CT molecular complexity index is 989. The number of aliphatic carboxylic acids is 1. The number of nitrogens with zero attached hydrogens (tertiary/aromatic N) is 1. The number of ether oxygens (including phenoxy) is 1. The number of carboxylic acid groups (broad SMARTS) is 1. The van der Waals surface area contributed by atoms with Gasteiger partial charge in [0.15, 0.2) is 0 Å². The highest BCUT2D eigenvalue weighted by Gasteiger charge is 2.25. The van der Waals surface area contributed by atoms with Crippen LogP contribution in [0.15, 0.2) is 53.5 Å². The van der Waals surface area contributed by atoms with Crippen molar-refractivity contribution in [1.82, 2.24) is 10.7 Å². The number of carbonyl (C=O) groups excluding carboxylic acids is 2. The Kier molecular flexibility index (Phi) is 9.37. The number of amides is 1. The maximum atomic E-state index is 12.3. The van der Waals surface area contributed by atoms with E-state index >= 15 is 0 Å². The van der Waals surface area contributed by atoms with E-state index in [1.54, 1.807) is 55.5 Å². The number of carboxylic acids is 1. The molecular formula is C23H29N5O5. The van der Waals surface area contributed by atoms with E-state index in [-0.39, 0.29) is 24.2 Å². The van der Waals surface area contributed by atoms with Crippen LogP contribution in [0.1, 0.15) is 42.6 Å². The van der Waals surface area contributed by atoms with Crippen molar-refractivity contribution in [3.8, 4) is 5.75 Å². The lowest BCUT2D eigenvalue weighted by Crippen LogP contribution is -2.45. The van der Waals surface area contributed by atoms with Gasteiger partial charge in [-0.2, -0.15) is 0 Å². The molecule has 0 radical (unpaired) electrons. The Morgan fingerprint density at radius 1 is 1.09 bits per heavy atom. The second-order valence-electron chi connectivity index (χ2n) is 7.49. The third kappa shape index (κ3) is 7.93. The van der Waals surface area contributed by atoms with Gasteiger partial charge >= 0.3 is 11.9 Å². The molecule has 0 bridgehead atoms. The molecule has 0 saturated heterocycles. The van der Waals surface area contributed by atoms with Crippen LogP contribution in [0.25, 0.3) is 0 Å². The molecular weight excluding hydrogens is 426 g/mol. The van der Waals surface area contributed by atoms with Gasteiger partial charge in [-0.15, -0.1) is 0 Å². The largest absolute Gasteiger partial charge is 0.480 e. The summed E-state index contributed by atoms with van der Waals surface area (Å²) in [6.45, 7) is 3.67. The summed E-state index contributed by atoms with van der Waals surface area (Å²) in [5.74, 6) is 3.49. The zero-order chi connectivity index (χ0) is 24.4. The highest BCUT2D eigenvalue weighted by Crippen LogP contribution is 2.18. The molecule has 0 aliphatic carbocycles. The minimum absolute atomic E-state index is 0.0418. The first-order chi connectivity index (χ1) is 15.7. The fourth-order valence-corrected chi connectivity index (χ4v) is 2.92. The summed E-state index contributed by atoms with van der Waals surface area (Å²) in [5, 5.41) is 11.9. The fraction of sp³-hybridized carbons (Fsp3) is 0.304. The summed E-state index contributed by atoms with van der Waals surface area (Å²) in [6.07, 6.45) is 1.23. The first kappa shape index (κ1) is 25.3. The van der Waals surface area contributed by atoms with E-state index in [4.69, 9.17) is 16.3 Å². The van der Waals surface area contributed by atoms with Crippen LogP contribution in [0.2, 0.25) is 0 Å². The average molecular weight is 456 g/mol. The van der Waals surface area contributed by atoms with Crippen molar-refractivity contribution in [1.29, 1.82) is 0 Å². The number of hydrazine groups is 1. The van der Waals surface area contributed by atoms with E-state index in [9.17, 15) is 19.5 Å². The smallest absolute Gasteiger partial charge is 0.343 e.